The number of aliphatic carboxylic acids is 1. The van der Waals surface area contributed by atoms with Crippen molar-refractivity contribution >= 4 is 34.8 Å². The summed E-state index contributed by atoms with van der Waals surface area (Å²) < 4.78 is 8.35. The number of unbranched alkanes of at least 4 members (excludes halogenated alkanes) is 4. The van der Waals surface area contributed by atoms with Gasteiger partial charge in [-0.1, -0.05) is 50.8 Å². The fourth-order valence-electron chi connectivity index (χ4n) is 4.15. The molecule has 2 heterocycles. The molecule has 0 atom stereocenters. The first kappa shape index (κ1) is 28.7. The molecule has 0 spiro atoms. The summed E-state index contributed by atoms with van der Waals surface area (Å²) >= 11 is 3.28. The maximum Gasteiger partial charge on any atom is 0.307 e. The fourth-order valence-corrected chi connectivity index (χ4v) is 5.65. The summed E-state index contributed by atoms with van der Waals surface area (Å²) in [5, 5.41) is 26.4. The number of carboxylic acids is 1. The molecule has 4 rings (SSSR count). The highest BCUT2D eigenvalue weighted by atomic mass is 32.2. The zero-order valence-electron chi connectivity index (χ0n) is 22.6. The number of hydrogen-bond donors (Lipinski definition) is 2. The number of benzene rings is 2. The normalized spacial score (nSPS) is 11.0. The van der Waals surface area contributed by atoms with Crippen molar-refractivity contribution in [3.05, 3.63) is 81.8 Å². The van der Waals surface area contributed by atoms with Crippen molar-refractivity contribution in [1.82, 2.24) is 14.8 Å². The number of hydrogen-bond acceptors (Lipinski definition) is 7. The van der Waals surface area contributed by atoms with Crippen LogP contribution in [0.5, 0.6) is 5.75 Å². The third-order valence-electron chi connectivity index (χ3n) is 6.41. The highest BCUT2D eigenvalue weighted by Crippen LogP contribution is 2.32. The molecule has 0 aliphatic rings. The first-order valence-electron chi connectivity index (χ1n) is 13.4. The van der Waals surface area contributed by atoms with Crippen molar-refractivity contribution in [2.45, 2.75) is 68.5 Å². The lowest BCUT2D eigenvalue weighted by atomic mass is 10.1. The van der Waals surface area contributed by atoms with Crippen LogP contribution < -0.4 is 10.1 Å². The minimum absolute atomic E-state index is 0.0245. The zero-order valence-corrected chi connectivity index (χ0v) is 24.2. The molecular weight excluding hydrogens is 528 g/mol. The molecule has 0 bridgehead atoms. The SMILES string of the molecule is CCCCCCCOc1cc(Sc2nnc(Cc3ccsc3)n2C)ccc1CNc1ccc(CC(=O)O)cc1. The van der Waals surface area contributed by atoms with E-state index in [1.807, 2.05) is 31.3 Å². The van der Waals surface area contributed by atoms with E-state index in [1.54, 1.807) is 23.1 Å². The van der Waals surface area contributed by atoms with Crippen LogP contribution in [-0.2, 0) is 31.2 Å². The Kier molecular flexibility index (Phi) is 10.9. The maximum absolute atomic E-state index is 10.9. The van der Waals surface area contributed by atoms with Gasteiger partial charge in [-0.2, -0.15) is 11.3 Å². The lowest BCUT2D eigenvalue weighted by Crippen LogP contribution is -2.05. The van der Waals surface area contributed by atoms with Crippen LogP contribution in [0.25, 0.3) is 0 Å². The van der Waals surface area contributed by atoms with Gasteiger partial charge in [0.15, 0.2) is 5.16 Å². The third kappa shape index (κ3) is 8.86. The van der Waals surface area contributed by atoms with Crippen LogP contribution >= 0.6 is 23.1 Å². The van der Waals surface area contributed by atoms with E-state index in [9.17, 15) is 4.79 Å². The predicted octanol–water partition coefficient (Wildman–Crippen LogP) is 7.21. The molecule has 7 nitrogen and oxygen atoms in total. The minimum atomic E-state index is -0.829. The highest BCUT2D eigenvalue weighted by molar-refractivity contribution is 7.99. The largest absolute Gasteiger partial charge is 0.493 e. The number of rotatable bonds is 16. The van der Waals surface area contributed by atoms with Crippen molar-refractivity contribution in [3.8, 4) is 5.75 Å². The summed E-state index contributed by atoms with van der Waals surface area (Å²) in [7, 11) is 2.01. The quantitative estimate of drug-likeness (QED) is 0.139. The van der Waals surface area contributed by atoms with Gasteiger partial charge in [0.05, 0.1) is 13.0 Å². The monoisotopic (exact) mass is 564 g/mol. The van der Waals surface area contributed by atoms with Gasteiger partial charge >= 0.3 is 5.97 Å². The van der Waals surface area contributed by atoms with Gasteiger partial charge < -0.3 is 19.7 Å². The number of nitrogens with zero attached hydrogens (tertiary/aromatic N) is 3. The molecule has 0 fully saturated rings. The average Bonchev–Trinajstić information content (AvgIpc) is 3.56. The molecule has 0 amide bonds. The van der Waals surface area contributed by atoms with Crippen molar-refractivity contribution in [1.29, 1.82) is 0 Å². The summed E-state index contributed by atoms with van der Waals surface area (Å²) in [5.74, 6) is 0.978. The number of nitrogens with one attached hydrogen (secondary N) is 1. The van der Waals surface area contributed by atoms with Crippen molar-refractivity contribution in [2.24, 2.45) is 7.05 Å². The van der Waals surface area contributed by atoms with Crippen LogP contribution in [0.4, 0.5) is 5.69 Å². The number of carboxylic acid groups (broad SMARTS) is 1. The topological polar surface area (TPSA) is 89.3 Å². The number of anilines is 1. The van der Waals surface area contributed by atoms with Crippen LogP contribution in [0.3, 0.4) is 0 Å². The van der Waals surface area contributed by atoms with Gasteiger partial charge in [0, 0.05) is 36.2 Å². The fraction of sp³-hybridized carbons (Fsp3) is 0.367. The molecule has 0 saturated carbocycles. The van der Waals surface area contributed by atoms with E-state index in [0.29, 0.717) is 13.2 Å². The summed E-state index contributed by atoms with van der Waals surface area (Å²) in [6.45, 7) is 3.51. The highest BCUT2D eigenvalue weighted by Gasteiger charge is 2.13. The molecule has 0 aliphatic carbocycles. The van der Waals surface area contributed by atoms with E-state index in [4.69, 9.17) is 9.84 Å². The molecule has 0 unspecified atom stereocenters. The molecule has 2 aromatic carbocycles. The summed E-state index contributed by atoms with van der Waals surface area (Å²) in [6.07, 6.45) is 6.72. The summed E-state index contributed by atoms with van der Waals surface area (Å²) in [6, 6.07) is 15.9. The van der Waals surface area contributed by atoms with Gasteiger partial charge in [-0.3, -0.25) is 4.79 Å². The Morgan fingerprint density at radius 2 is 1.87 bits per heavy atom. The van der Waals surface area contributed by atoms with Crippen LogP contribution in [0, 0.1) is 0 Å². The van der Waals surface area contributed by atoms with Crippen LogP contribution in [0.1, 0.15) is 61.5 Å². The van der Waals surface area contributed by atoms with Crippen LogP contribution in [0.2, 0.25) is 0 Å². The van der Waals surface area contributed by atoms with Gasteiger partial charge in [0.2, 0.25) is 0 Å². The Balaban J connectivity index is 1.43. The second-order valence-corrected chi connectivity index (χ2v) is 11.3. The van der Waals surface area contributed by atoms with Crippen molar-refractivity contribution in [2.75, 3.05) is 11.9 Å². The molecule has 4 aromatic rings. The molecule has 0 aliphatic heterocycles. The molecule has 0 radical (unpaired) electrons. The number of ether oxygens (including phenoxy) is 1. The van der Waals surface area contributed by atoms with Crippen LogP contribution in [0.15, 0.2) is 69.3 Å². The van der Waals surface area contributed by atoms with Crippen molar-refractivity contribution < 1.29 is 14.6 Å². The van der Waals surface area contributed by atoms with E-state index in [2.05, 4.69) is 62.0 Å². The maximum atomic E-state index is 10.9. The first-order valence-corrected chi connectivity index (χ1v) is 15.1. The van der Waals surface area contributed by atoms with Gasteiger partial charge in [0.1, 0.15) is 11.6 Å². The Hall–Kier alpha value is -3.30. The Bertz CT molecular complexity index is 1320. The Labute approximate surface area is 238 Å². The lowest BCUT2D eigenvalue weighted by Gasteiger charge is -2.15. The molecule has 0 saturated heterocycles. The smallest absolute Gasteiger partial charge is 0.307 e. The standard InChI is InChI=1S/C30H36N4O3S2/c1-3-4-5-6-7-15-37-27-19-26(39-30-33-32-28(34(30)2)17-23-14-16-38-21-23)13-10-24(27)20-31-25-11-8-22(9-12-25)18-29(35)36/h8-14,16,19,21,31H,3-7,15,17-18,20H2,1-2H3,(H,35,36). The average molecular weight is 565 g/mol. The number of carbonyl (C=O) groups is 1. The van der Waals surface area contributed by atoms with E-state index in [-0.39, 0.29) is 6.42 Å². The molecule has 39 heavy (non-hydrogen) atoms. The summed E-state index contributed by atoms with van der Waals surface area (Å²) in [4.78, 5) is 12.0. The van der Waals surface area contributed by atoms with Gasteiger partial charge in [0.25, 0.3) is 0 Å². The van der Waals surface area contributed by atoms with Gasteiger partial charge in [-0.15, -0.1) is 10.2 Å². The number of thiophene rings is 1. The number of aromatic nitrogens is 3. The molecule has 9 heteroatoms. The van der Waals surface area contributed by atoms with E-state index < -0.39 is 5.97 Å². The molecular formula is C30H36N4O3S2. The van der Waals surface area contributed by atoms with Crippen molar-refractivity contribution in [3.63, 3.8) is 0 Å². The van der Waals surface area contributed by atoms with Gasteiger partial charge in [-0.25, -0.2) is 0 Å². The first-order chi connectivity index (χ1) is 19.0. The zero-order chi connectivity index (χ0) is 27.5. The second kappa shape index (κ2) is 14.7. The van der Waals surface area contributed by atoms with E-state index >= 15 is 0 Å². The van der Waals surface area contributed by atoms with Crippen LogP contribution in [-0.4, -0.2) is 32.4 Å². The van der Waals surface area contributed by atoms with E-state index in [0.717, 1.165) is 51.3 Å². The lowest BCUT2D eigenvalue weighted by molar-refractivity contribution is -0.136. The third-order valence-corrected chi connectivity index (χ3v) is 8.17. The Morgan fingerprint density at radius 3 is 2.62 bits per heavy atom. The molecule has 2 N–H and O–H groups in total. The second-order valence-electron chi connectivity index (χ2n) is 9.52. The predicted molar refractivity (Wildman–Crippen MR) is 158 cm³/mol. The van der Waals surface area contributed by atoms with Gasteiger partial charge in [-0.05, 0) is 70.4 Å². The molecule has 2 aromatic heterocycles. The summed E-state index contributed by atoms with van der Waals surface area (Å²) in [5.41, 5.74) is 4.03. The van der Waals surface area contributed by atoms with E-state index in [1.165, 1.54) is 31.2 Å². The minimum Gasteiger partial charge on any atom is -0.493 e. The molecule has 206 valence electrons. The Morgan fingerprint density at radius 1 is 1.05 bits per heavy atom.